The van der Waals surface area contributed by atoms with E-state index in [2.05, 4.69) is 24.3 Å². The minimum absolute atomic E-state index is 0.0357. The van der Waals surface area contributed by atoms with Crippen molar-refractivity contribution in [3.8, 4) is 56.4 Å². The van der Waals surface area contributed by atoms with E-state index in [1.54, 1.807) is 6.07 Å². The Morgan fingerprint density at radius 3 is 1.53 bits per heavy atom. The van der Waals surface area contributed by atoms with E-state index in [9.17, 15) is 4.79 Å². The molecule has 0 unspecified atom stereocenters. The summed E-state index contributed by atoms with van der Waals surface area (Å²) in [6, 6.07) is 49.6. The molecule has 0 fully saturated rings. The normalized spacial score (nSPS) is 11.2. The van der Waals surface area contributed by atoms with E-state index in [1.165, 1.54) is 0 Å². The van der Waals surface area contributed by atoms with Crippen LogP contribution in [0.15, 0.2) is 161 Å². The van der Waals surface area contributed by atoms with E-state index in [1.807, 2.05) is 121 Å². The number of rotatable bonds is 5. The van der Waals surface area contributed by atoms with Crippen LogP contribution >= 0.6 is 0 Å². The largest absolute Gasteiger partial charge is 0.456 e. The Balaban J connectivity index is 1.25. The van der Waals surface area contributed by atoms with Crippen LogP contribution in [0.2, 0.25) is 0 Å². The van der Waals surface area contributed by atoms with Crippen LogP contribution in [0, 0.1) is 0 Å². The van der Waals surface area contributed by atoms with Gasteiger partial charge in [-0.1, -0.05) is 121 Å². The average molecular weight is 580 g/mol. The van der Waals surface area contributed by atoms with Gasteiger partial charge in [-0.05, 0) is 52.6 Å². The molecule has 0 radical (unpaired) electrons. The predicted octanol–water partition coefficient (Wildman–Crippen LogP) is 9.47. The van der Waals surface area contributed by atoms with Gasteiger partial charge in [0.05, 0.1) is 10.8 Å². The van der Waals surface area contributed by atoms with Crippen molar-refractivity contribution in [2.45, 2.75) is 0 Å². The highest BCUT2D eigenvalue weighted by Gasteiger charge is 2.15. The van der Waals surface area contributed by atoms with Crippen molar-refractivity contribution in [1.82, 2.24) is 15.0 Å². The minimum atomic E-state index is -0.0357. The van der Waals surface area contributed by atoms with Crippen molar-refractivity contribution in [2.75, 3.05) is 0 Å². The number of fused-ring (bicyclic) bond motifs is 2. The second-order valence-corrected chi connectivity index (χ2v) is 10.8. The Morgan fingerprint density at radius 2 is 0.867 bits per heavy atom. The van der Waals surface area contributed by atoms with Gasteiger partial charge in [0.25, 0.3) is 0 Å². The van der Waals surface area contributed by atoms with Crippen LogP contribution in [-0.2, 0) is 0 Å². The van der Waals surface area contributed by atoms with Gasteiger partial charge in [0.1, 0.15) is 11.2 Å². The first-order valence-corrected chi connectivity index (χ1v) is 14.7. The molecular weight excluding hydrogens is 554 g/mol. The molecule has 0 saturated heterocycles. The van der Waals surface area contributed by atoms with Crippen LogP contribution in [0.4, 0.5) is 0 Å². The number of hydrogen-bond donors (Lipinski definition) is 0. The maximum atomic E-state index is 13.4. The van der Waals surface area contributed by atoms with Crippen molar-refractivity contribution in [2.24, 2.45) is 0 Å². The van der Waals surface area contributed by atoms with E-state index in [0.29, 0.717) is 39.4 Å². The highest BCUT2D eigenvalue weighted by atomic mass is 16.3. The Kier molecular flexibility index (Phi) is 6.54. The molecular formula is C40H25N3O2. The second kappa shape index (κ2) is 11.1. The smallest absolute Gasteiger partial charge is 0.200 e. The van der Waals surface area contributed by atoms with Gasteiger partial charge in [0.15, 0.2) is 17.5 Å². The molecule has 0 aliphatic heterocycles. The molecule has 2 aromatic heterocycles. The summed E-state index contributed by atoms with van der Waals surface area (Å²) < 4.78 is 6.06. The molecule has 2 heterocycles. The Hall–Kier alpha value is -6.20. The molecule has 5 heteroatoms. The van der Waals surface area contributed by atoms with Gasteiger partial charge in [-0.3, -0.25) is 4.79 Å². The van der Waals surface area contributed by atoms with E-state index < -0.39 is 0 Å². The summed E-state index contributed by atoms with van der Waals surface area (Å²) in [7, 11) is 0. The van der Waals surface area contributed by atoms with Gasteiger partial charge in [0, 0.05) is 16.7 Å². The summed E-state index contributed by atoms with van der Waals surface area (Å²) in [5.41, 5.74) is 7.84. The number of para-hydroxylation sites is 1. The maximum Gasteiger partial charge on any atom is 0.200 e. The Morgan fingerprint density at radius 1 is 0.378 bits per heavy atom. The van der Waals surface area contributed by atoms with E-state index in [0.717, 1.165) is 38.9 Å². The van der Waals surface area contributed by atoms with Crippen LogP contribution in [-0.4, -0.2) is 15.0 Å². The van der Waals surface area contributed by atoms with Gasteiger partial charge in [-0.2, -0.15) is 0 Å². The molecule has 5 nitrogen and oxygen atoms in total. The highest BCUT2D eigenvalue weighted by Crippen LogP contribution is 2.35. The van der Waals surface area contributed by atoms with Crippen LogP contribution in [0.1, 0.15) is 0 Å². The monoisotopic (exact) mass is 579 g/mol. The first-order chi connectivity index (χ1) is 22.2. The topological polar surface area (TPSA) is 68.9 Å². The molecule has 45 heavy (non-hydrogen) atoms. The van der Waals surface area contributed by atoms with Gasteiger partial charge in [-0.25, -0.2) is 15.0 Å². The molecule has 0 amide bonds. The average Bonchev–Trinajstić information content (AvgIpc) is 3.12. The van der Waals surface area contributed by atoms with Crippen LogP contribution in [0.5, 0.6) is 0 Å². The third-order valence-electron chi connectivity index (χ3n) is 7.95. The fraction of sp³-hybridized carbons (Fsp3) is 0. The molecule has 0 atom stereocenters. The Labute approximate surface area is 259 Å². The summed E-state index contributed by atoms with van der Waals surface area (Å²) in [5.74, 6) is 1.83. The molecule has 0 spiro atoms. The molecule has 8 aromatic rings. The molecule has 6 aromatic carbocycles. The van der Waals surface area contributed by atoms with Gasteiger partial charge < -0.3 is 4.42 Å². The maximum absolute atomic E-state index is 13.4. The first kappa shape index (κ1) is 26.4. The lowest BCUT2D eigenvalue weighted by Crippen LogP contribution is -2.02. The van der Waals surface area contributed by atoms with Crippen LogP contribution in [0.25, 0.3) is 78.4 Å². The SMILES string of the molecule is O=c1c2ccccc2oc2ccc(-c3ccccc3-c3cccc(-c4nc(-c5ccccc5)nc(-c5ccccc5)n4)c3)cc12. The van der Waals surface area contributed by atoms with E-state index >= 15 is 0 Å². The summed E-state index contributed by atoms with van der Waals surface area (Å²) in [5, 5.41) is 1.13. The van der Waals surface area contributed by atoms with Gasteiger partial charge in [0.2, 0.25) is 5.43 Å². The molecule has 0 aliphatic carbocycles. The number of hydrogen-bond acceptors (Lipinski definition) is 5. The second-order valence-electron chi connectivity index (χ2n) is 10.8. The van der Waals surface area contributed by atoms with E-state index in [-0.39, 0.29) is 5.43 Å². The number of nitrogens with zero attached hydrogens (tertiary/aromatic N) is 3. The fourth-order valence-electron chi connectivity index (χ4n) is 5.72. The molecule has 0 aliphatic rings. The first-order valence-electron chi connectivity index (χ1n) is 14.7. The molecule has 0 bridgehead atoms. The highest BCUT2D eigenvalue weighted by molar-refractivity contribution is 5.94. The van der Waals surface area contributed by atoms with Crippen molar-refractivity contribution >= 4 is 21.9 Å². The molecule has 8 rings (SSSR count). The summed E-state index contributed by atoms with van der Waals surface area (Å²) in [6.45, 7) is 0. The fourth-order valence-corrected chi connectivity index (χ4v) is 5.72. The van der Waals surface area contributed by atoms with Crippen molar-refractivity contribution in [3.05, 3.63) is 162 Å². The summed E-state index contributed by atoms with van der Waals surface area (Å²) >= 11 is 0. The summed E-state index contributed by atoms with van der Waals surface area (Å²) in [6.07, 6.45) is 0. The Bertz CT molecular complexity index is 2340. The summed E-state index contributed by atoms with van der Waals surface area (Å²) in [4.78, 5) is 28.1. The van der Waals surface area contributed by atoms with Gasteiger partial charge >= 0.3 is 0 Å². The zero-order valence-corrected chi connectivity index (χ0v) is 24.1. The van der Waals surface area contributed by atoms with Crippen molar-refractivity contribution < 1.29 is 4.42 Å². The quantitative estimate of drug-likeness (QED) is 0.190. The number of benzene rings is 6. The molecule has 0 N–H and O–H groups in total. The minimum Gasteiger partial charge on any atom is -0.456 e. The lowest BCUT2D eigenvalue weighted by atomic mass is 9.93. The van der Waals surface area contributed by atoms with E-state index in [4.69, 9.17) is 19.4 Å². The van der Waals surface area contributed by atoms with Crippen LogP contribution < -0.4 is 5.43 Å². The van der Waals surface area contributed by atoms with Gasteiger partial charge in [-0.15, -0.1) is 0 Å². The zero-order valence-electron chi connectivity index (χ0n) is 24.1. The molecule has 212 valence electrons. The van der Waals surface area contributed by atoms with Crippen LogP contribution in [0.3, 0.4) is 0 Å². The predicted molar refractivity (Wildman–Crippen MR) is 181 cm³/mol. The molecule has 0 saturated carbocycles. The van der Waals surface area contributed by atoms with Crippen molar-refractivity contribution in [3.63, 3.8) is 0 Å². The lowest BCUT2D eigenvalue weighted by Gasteiger charge is -2.13. The standard InChI is InChI=1S/C40H25N3O2/c44-37-33-20-9-10-21-35(33)45-36-23-22-29(25-34(36)37)32-19-8-7-18-31(32)28-16-11-17-30(24-28)40-42-38(26-12-3-1-4-13-26)41-39(43-40)27-14-5-2-6-15-27/h1-25H. The lowest BCUT2D eigenvalue weighted by molar-refractivity contribution is 0.660. The van der Waals surface area contributed by atoms with Crippen molar-refractivity contribution in [1.29, 1.82) is 0 Å². The number of aromatic nitrogens is 3. The zero-order chi connectivity index (χ0) is 30.2. The third-order valence-corrected chi connectivity index (χ3v) is 7.95. The third kappa shape index (κ3) is 4.96.